The zero-order valence-corrected chi connectivity index (χ0v) is 12.9. The van der Waals surface area contributed by atoms with Gasteiger partial charge in [-0.2, -0.15) is 0 Å². The molecule has 0 amide bonds. The highest BCUT2D eigenvalue weighted by atomic mass is 79.9. The van der Waals surface area contributed by atoms with Gasteiger partial charge < -0.3 is 5.32 Å². The van der Waals surface area contributed by atoms with E-state index in [0.717, 1.165) is 11.1 Å². The van der Waals surface area contributed by atoms with Gasteiger partial charge in [0.15, 0.2) is 0 Å². The van der Waals surface area contributed by atoms with Crippen LogP contribution in [-0.4, -0.2) is 4.92 Å². The lowest BCUT2D eigenvalue weighted by Gasteiger charge is -2.14. The second-order valence-corrected chi connectivity index (χ2v) is 5.56. The predicted molar refractivity (Wildman–Crippen MR) is 82.5 cm³/mol. The van der Waals surface area contributed by atoms with Gasteiger partial charge in [0, 0.05) is 24.7 Å². The third kappa shape index (κ3) is 4.09. The minimum absolute atomic E-state index is 0.0475. The average molecular weight is 353 g/mol. The maximum Gasteiger partial charge on any atom is 0.269 e. The fourth-order valence-electron chi connectivity index (χ4n) is 1.95. The molecule has 1 unspecified atom stereocenters. The molecule has 4 nitrogen and oxygen atoms in total. The van der Waals surface area contributed by atoms with Crippen LogP contribution < -0.4 is 5.32 Å². The van der Waals surface area contributed by atoms with Crippen molar-refractivity contribution < 1.29 is 9.31 Å². The summed E-state index contributed by atoms with van der Waals surface area (Å²) in [7, 11) is 0. The summed E-state index contributed by atoms with van der Waals surface area (Å²) in [5.41, 5.74) is 1.84. The monoisotopic (exact) mass is 352 g/mol. The molecule has 0 spiro atoms. The summed E-state index contributed by atoms with van der Waals surface area (Å²) in [5, 5.41) is 14.0. The molecule has 0 aliphatic rings. The molecular weight excluding hydrogens is 339 g/mol. The molecule has 0 heterocycles. The Balaban J connectivity index is 2.04. The highest BCUT2D eigenvalue weighted by Crippen LogP contribution is 2.20. The van der Waals surface area contributed by atoms with Crippen molar-refractivity contribution in [2.75, 3.05) is 0 Å². The van der Waals surface area contributed by atoms with Crippen LogP contribution in [0.1, 0.15) is 24.1 Å². The van der Waals surface area contributed by atoms with Crippen molar-refractivity contribution >= 4 is 21.6 Å². The van der Waals surface area contributed by atoms with Crippen LogP contribution in [0.4, 0.5) is 10.1 Å². The van der Waals surface area contributed by atoms with Crippen LogP contribution in [0, 0.1) is 15.9 Å². The maximum atomic E-state index is 13.2. The third-order valence-corrected chi connectivity index (χ3v) is 3.79. The third-order valence-electron chi connectivity index (χ3n) is 3.18. The molecule has 0 saturated heterocycles. The number of hydrogen-bond donors (Lipinski definition) is 1. The topological polar surface area (TPSA) is 55.2 Å². The van der Waals surface area contributed by atoms with Gasteiger partial charge >= 0.3 is 0 Å². The number of nitro groups is 1. The summed E-state index contributed by atoms with van der Waals surface area (Å²) in [4.78, 5) is 10.4. The van der Waals surface area contributed by atoms with Crippen molar-refractivity contribution in [1.29, 1.82) is 0 Å². The summed E-state index contributed by atoms with van der Waals surface area (Å²) in [5.74, 6) is -0.300. The van der Waals surface area contributed by atoms with Crippen LogP contribution in [0.15, 0.2) is 46.9 Å². The summed E-state index contributed by atoms with van der Waals surface area (Å²) in [6.45, 7) is 2.47. The van der Waals surface area contributed by atoms with Crippen molar-refractivity contribution in [2.45, 2.75) is 19.5 Å². The SMILES string of the molecule is CC(NCc1ccc(F)c(Br)c1)c1cccc([N+](=O)[O-])c1. The van der Waals surface area contributed by atoms with Gasteiger partial charge in [-0.05, 0) is 46.1 Å². The minimum atomic E-state index is -0.409. The highest BCUT2D eigenvalue weighted by Gasteiger charge is 2.10. The Morgan fingerprint density at radius 3 is 2.76 bits per heavy atom. The lowest BCUT2D eigenvalue weighted by Crippen LogP contribution is -2.18. The molecule has 110 valence electrons. The molecule has 0 aromatic heterocycles. The Kier molecular flexibility index (Phi) is 5.03. The zero-order chi connectivity index (χ0) is 15.4. The summed E-state index contributed by atoms with van der Waals surface area (Å²) >= 11 is 3.15. The lowest BCUT2D eigenvalue weighted by atomic mass is 10.1. The van der Waals surface area contributed by atoms with Gasteiger partial charge in [-0.3, -0.25) is 10.1 Å². The van der Waals surface area contributed by atoms with Gasteiger partial charge in [-0.1, -0.05) is 18.2 Å². The first kappa shape index (κ1) is 15.6. The number of halogens is 2. The molecular formula is C15H14BrFN2O2. The number of nitrogens with one attached hydrogen (secondary N) is 1. The van der Waals surface area contributed by atoms with E-state index in [0.29, 0.717) is 11.0 Å². The fraction of sp³-hybridized carbons (Fsp3) is 0.200. The van der Waals surface area contributed by atoms with Crippen molar-refractivity contribution in [3.63, 3.8) is 0 Å². The number of nitrogens with zero attached hydrogens (tertiary/aromatic N) is 1. The molecule has 2 rings (SSSR count). The Hall–Kier alpha value is -1.79. The normalized spacial score (nSPS) is 12.1. The van der Waals surface area contributed by atoms with Crippen molar-refractivity contribution in [1.82, 2.24) is 5.32 Å². The predicted octanol–water partition coefficient (Wildman–Crippen LogP) is 4.35. The van der Waals surface area contributed by atoms with E-state index < -0.39 is 4.92 Å². The van der Waals surface area contributed by atoms with Gasteiger partial charge in [0.2, 0.25) is 0 Å². The molecule has 6 heteroatoms. The van der Waals surface area contributed by atoms with Crippen LogP contribution in [0.25, 0.3) is 0 Å². The molecule has 0 fully saturated rings. The first-order valence-electron chi connectivity index (χ1n) is 6.39. The summed E-state index contributed by atoms with van der Waals surface area (Å²) in [6, 6.07) is 11.3. The largest absolute Gasteiger partial charge is 0.306 e. The number of benzene rings is 2. The molecule has 0 radical (unpaired) electrons. The van der Waals surface area contributed by atoms with Gasteiger partial charge in [-0.15, -0.1) is 0 Å². The summed E-state index contributed by atoms with van der Waals surface area (Å²) in [6.07, 6.45) is 0. The van der Waals surface area contributed by atoms with Crippen molar-refractivity contribution in [2.24, 2.45) is 0 Å². The van der Waals surface area contributed by atoms with Gasteiger partial charge in [0.05, 0.1) is 9.40 Å². The molecule has 2 aromatic carbocycles. The average Bonchev–Trinajstić information content (AvgIpc) is 2.48. The quantitative estimate of drug-likeness (QED) is 0.642. The molecule has 21 heavy (non-hydrogen) atoms. The molecule has 0 aliphatic carbocycles. The number of non-ortho nitro benzene ring substituents is 1. The van der Waals surface area contributed by atoms with E-state index in [2.05, 4.69) is 21.2 Å². The van der Waals surface area contributed by atoms with Gasteiger partial charge in [0.1, 0.15) is 5.82 Å². The van der Waals surface area contributed by atoms with E-state index in [4.69, 9.17) is 0 Å². The number of hydrogen-bond acceptors (Lipinski definition) is 3. The van der Waals surface area contributed by atoms with E-state index in [1.54, 1.807) is 24.3 Å². The molecule has 0 bridgehead atoms. The molecule has 2 aromatic rings. The standard InChI is InChI=1S/C15H14BrFN2O2/c1-10(12-3-2-4-13(8-12)19(20)21)18-9-11-5-6-15(17)14(16)7-11/h2-8,10,18H,9H2,1H3. The van der Waals surface area contributed by atoms with E-state index in [1.165, 1.54) is 12.1 Å². The van der Waals surface area contributed by atoms with E-state index >= 15 is 0 Å². The lowest BCUT2D eigenvalue weighted by molar-refractivity contribution is -0.384. The Morgan fingerprint density at radius 1 is 1.33 bits per heavy atom. The Labute approximate surface area is 130 Å². The maximum absolute atomic E-state index is 13.2. The molecule has 0 aliphatic heterocycles. The van der Waals surface area contributed by atoms with E-state index in [1.807, 2.05) is 13.0 Å². The van der Waals surface area contributed by atoms with Gasteiger partial charge in [0.25, 0.3) is 5.69 Å². The first-order valence-corrected chi connectivity index (χ1v) is 7.18. The molecule has 0 saturated carbocycles. The molecule has 1 atom stereocenters. The van der Waals surface area contributed by atoms with E-state index in [-0.39, 0.29) is 17.5 Å². The van der Waals surface area contributed by atoms with Gasteiger partial charge in [-0.25, -0.2) is 4.39 Å². The highest BCUT2D eigenvalue weighted by molar-refractivity contribution is 9.10. The number of nitro benzene ring substituents is 1. The molecule has 1 N–H and O–H groups in total. The second kappa shape index (κ2) is 6.78. The Bertz CT molecular complexity index is 664. The van der Waals surface area contributed by atoms with E-state index in [9.17, 15) is 14.5 Å². The van der Waals surface area contributed by atoms with Crippen LogP contribution in [0.2, 0.25) is 0 Å². The first-order chi connectivity index (χ1) is 9.97. The Morgan fingerprint density at radius 2 is 2.10 bits per heavy atom. The zero-order valence-electron chi connectivity index (χ0n) is 11.3. The fourth-order valence-corrected chi connectivity index (χ4v) is 2.37. The van der Waals surface area contributed by atoms with Crippen LogP contribution in [-0.2, 0) is 6.54 Å². The van der Waals surface area contributed by atoms with Crippen molar-refractivity contribution in [3.05, 3.63) is 74.0 Å². The summed E-state index contributed by atoms with van der Waals surface area (Å²) < 4.78 is 13.6. The smallest absolute Gasteiger partial charge is 0.269 e. The van der Waals surface area contributed by atoms with Crippen LogP contribution >= 0.6 is 15.9 Å². The van der Waals surface area contributed by atoms with Crippen molar-refractivity contribution in [3.8, 4) is 0 Å². The van der Waals surface area contributed by atoms with Crippen LogP contribution in [0.3, 0.4) is 0 Å². The number of rotatable bonds is 5. The second-order valence-electron chi connectivity index (χ2n) is 4.70. The van der Waals surface area contributed by atoms with Crippen LogP contribution in [0.5, 0.6) is 0 Å². The minimum Gasteiger partial charge on any atom is -0.306 e.